The number of carbonyl (C=O) groups is 1. The van der Waals surface area contributed by atoms with Crippen molar-refractivity contribution in [3.63, 3.8) is 0 Å². The van der Waals surface area contributed by atoms with E-state index in [4.69, 9.17) is 5.73 Å². The molecule has 1 aliphatic rings. The second kappa shape index (κ2) is 5.21. The van der Waals surface area contributed by atoms with Gasteiger partial charge in [0.2, 0.25) is 0 Å². The van der Waals surface area contributed by atoms with Crippen molar-refractivity contribution < 1.29 is 9.18 Å². The SMILES string of the molecule is CC1CC/C(=C\N)C(=O)N1Cc1ccccc1F. The largest absolute Gasteiger partial charge is 0.404 e. The third kappa shape index (κ3) is 2.37. The second-order valence-corrected chi connectivity index (χ2v) is 4.60. The van der Waals surface area contributed by atoms with E-state index in [0.29, 0.717) is 24.1 Å². The van der Waals surface area contributed by atoms with E-state index < -0.39 is 0 Å². The van der Waals surface area contributed by atoms with Crippen LogP contribution < -0.4 is 5.73 Å². The first-order valence-corrected chi connectivity index (χ1v) is 6.08. The highest BCUT2D eigenvalue weighted by Gasteiger charge is 2.28. The first kappa shape index (κ1) is 12.6. The Kier molecular flexibility index (Phi) is 3.65. The zero-order valence-electron chi connectivity index (χ0n) is 10.4. The molecule has 1 unspecified atom stereocenters. The van der Waals surface area contributed by atoms with Gasteiger partial charge < -0.3 is 10.6 Å². The summed E-state index contributed by atoms with van der Waals surface area (Å²) < 4.78 is 13.6. The third-order valence-corrected chi connectivity index (χ3v) is 3.40. The fourth-order valence-electron chi connectivity index (χ4n) is 2.20. The number of amides is 1. The van der Waals surface area contributed by atoms with Crippen LogP contribution in [0.2, 0.25) is 0 Å². The Bertz CT molecular complexity index is 484. The van der Waals surface area contributed by atoms with Crippen molar-refractivity contribution >= 4 is 5.91 Å². The molecule has 1 aromatic carbocycles. The van der Waals surface area contributed by atoms with Crippen molar-refractivity contribution in [2.45, 2.75) is 32.4 Å². The van der Waals surface area contributed by atoms with Crippen LogP contribution in [0.4, 0.5) is 4.39 Å². The van der Waals surface area contributed by atoms with Crippen LogP contribution in [0.3, 0.4) is 0 Å². The summed E-state index contributed by atoms with van der Waals surface area (Å²) >= 11 is 0. The lowest BCUT2D eigenvalue weighted by atomic mass is 9.98. The van der Waals surface area contributed by atoms with E-state index in [-0.39, 0.29) is 17.8 Å². The van der Waals surface area contributed by atoms with Gasteiger partial charge in [0.15, 0.2) is 0 Å². The number of hydrogen-bond donors (Lipinski definition) is 1. The Balaban J connectivity index is 2.21. The van der Waals surface area contributed by atoms with Gasteiger partial charge in [-0.3, -0.25) is 4.79 Å². The number of piperidine rings is 1. The highest BCUT2D eigenvalue weighted by Crippen LogP contribution is 2.24. The fourth-order valence-corrected chi connectivity index (χ4v) is 2.20. The zero-order chi connectivity index (χ0) is 13.1. The molecule has 0 aliphatic carbocycles. The highest BCUT2D eigenvalue weighted by atomic mass is 19.1. The minimum atomic E-state index is -0.277. The monoisotopic (exact) mass is 248 g/mol. The number of hydrogen-bond acceptors (Lipinski definition) is 2. The van der Waals surface area contributed by atoms with Crippen molar-refractivity contribution in [1.82, 2.24) is 4.90 Å². The summed E-state index contributed by atoms with van der Waals surface area (Å²) in [6.45, 7) is 2.27. The van der Waals surface area contributed by atoms with Gasteiger partial charge in [0, 0.05) is 29.9 Å². The fraction of sp³-hybridized carbons (Fsp3) is 0.357. The molecular formula is C14H17FN2O. The molecule has 4 heteroatoms. The summed E-state index contributed by atoms with van der Waals surface area (Å²) in [5.41, 5.74) is 6.59. The first-order chi connectivity index (χ1) is 8.63. The minimum Gasteiger partial charge on any atom is -0.404 e. The maximum absolute atomic E-state index is 13.6. The molecule has 0 bridgehead atoms. The van der Waals surface area contributed by atoms with Crippen LogP contribution in [0, 0.1) is 5.82 Å². The lowest BCUT2D eigenvalue weighted by Gasteiger charge is -2.34. The standard InChI is InChI=1S/C14H17FN2O/c1-10-6-7-11(8-16)14(18)17(10)9-12-4-2-3-5-13(12)15/h2-5,8,10H,6-7,9,16H2,1H3/b11-8+. The zero-order valence-corrected chi connectivity index (χ0v) is 10.4. The predicted octanol–water partition coefficient (Wildman–Crippen LogP) is 2.18. The van der Waals surface area contributed by atoms with E-state index in [1.165, 1.54) is 12.3 Å². The average molecular weight is 248 g/mol. The molecule has 0 aromatic heterocycles. The van der Waals surface area contributed by atoms with Crippen LogP contribution in [0.5, 0.6) is 0 Å². The van der Waals surface area contributed by atoms with Crippen LogP contribution in [-0.4, -0.2) is 16.8 Å². The maximum atomic E-state index is 13.6. The molecule has 3 nitrogen and oxygen atoms in total. The van der Waals surface area contributed by atoms with Gasteiger partial charge in [-0.05, 0) is 25.8 Å². The number of nitrogens with two attached hydrogens (primary N) is 1. The third-order valence-electron chi connectivity index (χ3n) is 3.40. The summed E-state index contributed by atoms with van der Waals surface area (Å²) in [6, 6.07) is 6.65. The van der Waals surface area contributed by atoms with Crippen LogP contribution in [0.25, 0.3) is 0 Å². The Morgan fingerprint density at radius 2 is 2.22 bits per heavy atom. The minimum absolute atomic E-state index is 0.0838. The molecule has 1 amide bonds. The summed E-state index contributed by atoms with van der Waals surface area (Å²) in [4.78, 5) is 13.8. The first-order valence-electron chi connectivity index (χ1n) is 6.08. The number of carbonyl (C=O) groups excluding carboxylic acids is 1. The number of likely N-dealkylation sites (tertiary alicyclic amines) is 1. The molecular weight excluding hydrogens is 231 g/mol. The van der Waals surface area contributed by atoms with Gasteiger partial charge >= 0.3 is 0 Å². The topological polar surface area (TPSA) is 46.3 Å². The molecule has 96 valence electrons. The normalized spacial score (nSPS) is 22.6. The van der Waals surface area contributed by atoms with E-state index in [1.807, 2.05) is 6.92 Å². The predicted molar refractivity (Wildman–Crippen MR) is 67.9 cm³/mol. The molecule has 1 fully saturated rings. The molecule has 18 heavy (non-hydrogen) atoms. The van der Waals surface area contributed by atoms with Gasteiger partial charge in [-0.2, -0.15) is 0 Å². The summed E-state index contributed by atoms with van der Waals surface area (Å²) in [5, 5.41) is 0. The van der Waals surface area contributed by atoms with E-state index in [2.05, 4.69) is 0 Å². The molecule has 1 aliphatic heterocycles. The Morgan fingerprint density at radius 3 is 2.89 bits per heavy atom. The summed E-state index contributed by atoms with van der Waals surface area (Å²) in [6.07, 6.45) is 2.93. The Labute approximate surface area is 106 Å². The Hall–Kier alpha value is -1.84. The average Bonchev–Trinajstić information content (AvgIpc) is 2.37. The lowest BCUT2D eigenvalue weighted by molar-refractivity contribution is -0.131. The molecule has 0 saturated carbocycles. The molecule has 2 N–H and O–H groups in total. The maximum Gasteiger partial charge on any atom is 0.251 e. The number of benzene rings is 1. The van der Waals surface area contributed by atoms with Crippen LogP contribution in [-0.2, 0) is 11.3 Å². The van der Waals surface area contributed by atoms with Gasteiger partial charge in [0.05, 0.1) is 0 Å². The van der Waals surface area contributed by atoms with Crippen molar-refractivity contribution in [3.8, 4) is 0 Å². The van der Waals surface area contributed by atoms with Gasteiger partial charge in [0.1, 0.15) is 5.82 Å². The molecule has 1 saturated heterocycles. The lowest BCUT2D eigenvalue weighted by Crippen LogP contribution is -2.43. The number of halogens is 1. The van der Waals surface area contributed by atoms with Crippen molar-refractivity contribution in [2.75, 3.05) is 0 Å². The van der Waals surface area contributed by atoms with Crippen molar-refractivity contribution in [1.29, 1.82) is 0 Å². The second-order valence-electron chi connectivity index (χ2n) is 4.60. The van der Waals surface area contributed by atoms with Crippen LogP contribution in [0.15, 0.2) is 36.0 Å². The van der Waals surface area contributed by atoms with Gasteiger partial charge in [0.25, 0.3) is 5.91 Å². The van der Waals surface area contributed by atoms with E-state index in [1.54, 1.807) is 23.1 Å². The number of rotatable bonds is 2. The molecule has 1 aromatic rings. The molecule has 1 atom stereocenters. The van der Waals surface area contributed by atoms with Crippen LogP contribution >= 0.6 is 0 Å². The number of nitrogens with zero attached hydrogens (tertiary/aromatic N) is 1. The summed E-state index contributed by atoms with van der Waals surface area (Å²) in [7, 11) is 0. The van der Waals surface area contributed by atoms with Crippen LogP contribution in [0.1, 0.15) is 25.3 Å². The Morgan fingerprint density at radius 1 is 1.50 bits per heavy atom. The molecule has 0 spiro atoms. The van der Waals surface area contributed by atoms with E-state index in [9.17, 15) is 9.18 Å². The smallest absolute Gasteiger partial charge is 0.251 e. The highest BCUT2D eigenvalue weighted by molar-refractivity contribution is 5.94. The quantitative estimate of drug-likeness (QED) is 0.815. The summed E-state index contributed by atoms with van der Waals surface area (Å²) in [5.74, 6) is -0.360. The van der Waals surface area contributed by atoms with Crippen molar-refractivity contribution in [2.24, 2.45) is 5.73 Å². The molecule has 2 rings (SSSR count). The molecule has 0 radical (unpaired) electrons. The van der Waals surface area contributed by atoms with E-state index >= 15 is 0 Å². The van der Waals surface area contributed by atoms with Gasteiger partial charge in [-0.25, -0.2) is 4.39 Å². The van der Waals surface area contributed by atoms with Crippen molar-refractivity contribution in [3.05, 3.63) is 47.4 Å². The van der Waals surface area contributed by atoms with Gasteiger partial charge in [-0.15, -0.1) is 0 Å². The van der Waals surface area contributed by atoms with E-state index in [0.717, 1.165) is 6.42 Å². The molecule has 1 heterocycles. The van der Waals surface area contributed by atoms with Gasteiger partial charge in [-0.1, -0.05) is 18.2 Å².